The van der Waals surface area contributed by atoms with Crippen molar-refractivity contribution in [2.45, 2.75) is 0 Å². The van der Waals surface area contributed by atoms with Crippen LogP contribution >= 0.6 is 0 Å². The van der Waals surface area contributed by atoms with Crippen LogP contribution in [0.5, 0.6) is 11.5 Å². The van der Waals surface area contributed by atoms with Crippen LogP contribution in [0.25, 0.3) is 0 Å². The lowest BCUT2D eigenvalue weighted by Crippen LogP contribution is -2.24. The summed E-state index contributed by atoms with van der Waals surface area (Å²) in [6.45, 7) is 0. The average Bonchev–Trinajstić information content (AvgIpc) is 2.55. The van der Waals surface area contributed by atoms with E-state index in [2.05, 4.69) is 10.5 Å². The lowest BCUT2D eigenvalue weighted by molar-refractivity contribution is 0.0734. The molecule has 0 heterocycles. The molecule has 3 N–H and O–H groups in total. The van der Waals surface area contributed by atoms with Gasteiger partial charge in [0.05, 0.1) is 18.9 Å². The summed E-state index contributed by atoms with van der Waals surface area (Å²) in [5.41, 5.74) is 8.02. The van der Waals surface area contributed by atoms with Gasteiger partial charge in [-0.1, -0.05) is 12.1 Å². The Morgan fingerprint density at radius 3 is 2.52 bits per heavy atom. The predicted octanol–water partition coefficient (Wildman–Crippen LogP) is 1.92. The molecule has 7 heteroatoms. The number of primary amides is 1. The highest BCUT2D eigenvalue weighted by Crippen LogP contribution is 2.16. The number of amides is 2. The van der Waals surface area contributed by atoms with Crippen molar-refractivity contribution < 1.29 is 19.1 Å². The molecule has 0 saturated carbocycles. The molecular formula is C16H15N3O4. The van der Waals surface area contributed by atoms with Gasteiger partial charge >= 0.3 is 12.0 Å². The largest absolute Gasteiger partial charge is 0.497 e. The van der Waals surface area contributed by atoms with Gasteiger partial charge in [0.2, 0.25) is 0 Å². The molecule has 23 heavy (non-hydrogen) atoms. The number of carbonyl (C=O) groups excluding carboxylic acids is 2. The molecule has 2 aromatic rings. The summed E-state index contributed by atoms with van der Waals surface area (Å²) in [5, 5.41) is 3.63. The van der Waals surface area contributed by atoms with Crippen molar-refractivity contribution in [1.82, 2.24) is 5.43 Å². The molecule has 0 fully saturated rings. The number of nitrogens with two attached hydrogens (primary N) is 1. The average molecular weight is 313 g/mol. The van der Waals surface area contributed by atoms with Crippen LogP contribution in [-0.2, 0) is 0 Å². The first-order valence-corrected chi connectivity index (χ1v) is 6.63. The van der Waals surface area contributed by atoms with Crippen LogP contribution in [0.1, 0.15) is 15.9 Å². The zero-order valence-corrected chi connectivity index (χ0v) is 12.4. The van der Waals surface area contributed by atoms with Crippen LogP contribution in [0.3, 0.4) is 0 Å². The highest BCUT2D eigenvalue weighted by molar-refractivity contribution is 5.91. The molecule has 0 radical (unpaired) electrons. The first-order chi connectivity index (χ1) is 11.1. The minimum absolute atomic E-state index is 0.355. The third-order valence-corrected chi connectivity index (χ3v) is 2.78. The van der Waals surface area contributed by atoms with Gasteiger partial charge in [-0.05, 0) is 42.0 Å². The maximum absolute atomic E-state index is 12.1. The van der Waals surface area contributed by atoms with Gasteiger partial charge in [0.1, 0.15) is 11.5 Å². The minimum Gasteiger partial charge on any atom is -0.497 e. The maximum Gasteiger partial charge on any atom is 0.343 e. The van der Waals surface area contributed by atoms with E-state index in [1.807, 2.05) is 0 Å². The Hall–Kier alpha value is -3.35. The number of carbonyl (C=O) groups is 2. The first-order valence-electron chi connectivity index (χ1n) is 6.63. The predicted molar refractivity (Wildman–Crippen MR) is 84.7 cm³/mol. The molecule has 0 aliphatic heterocycles. The molecule has 2 aromatic carbocycles. The second kappa shape index (κ2) is 7.60. The monoisotopic (exact) mass is 313 g/mol. The van der Waals surface area contributed by atoms with Crippen molar-refractivity contribution in [3.05, 3.63) is 59.7 Å². The van der Waals surface area contributed by atoms with Crippen molar-refractivity contribution in [3.8, 4) is 11.5 Å². The second-order valence-electron chi connectivity index (χ2n) is 4.42. The Kier molecular flexibility index (Phi) is 5.30. The summed E-state index contributed by atoms with van der Waals surface area (Å²) in [5.74, 6) is 0.521. The van der Waals surface area contributed by atoms with Crippen LogP contribution in [0, 0.1) is 0 Å². The van der Waals surface area contributed by atoms with Gasteiger partial charge in [0, 0.05) is 0 Å². The fourth-order valence-corrected chi connectivity index (χ4v) is 1.72. The highest BCUT2D eigenvalue weighted by Gasteiger charge is 2.08. The normalized spacial score (nSPS) is 10.3. The van der Waals surface area contributed by atoms with Crippen LogP contribution in [0.4, 0.5) is 4.79 Å². The van der Waals surface area contributed by atoms with E-state index in [9.17, 15) is 9.59 Å². The van der Waals surface area contributed by atoms with Crippen molar-refractivity contribution in [1.29, 1.82) is 0 Å². The molecule has 0 aliphatic rings. The summed E-state index contributed by atoms with van der Waals surface area (Å²) < 4.78 is 10.3. The van der Waals surface area contributed by atoms with E-state index in [1.54, 1.807) is 55.6 Å². The Morgan fingerprint density at radius 1 is 1.13 bits per heavy atom. The number of benzene rings is 2. The van der Waals surface area contributed by atoms with Gasteiger partial charge in [0.25, 0.3) is 0 Å². The van der Waals surface area contributed by atoms with E-state index >= 15 is 0 Å². The molecule has 0 spiro atoms. The van der Waals surface area contributed by atoms with Gasteiger partial charge in [-0.15, -0.1) is 0 Å². The van der Waals surface area contributed by atoms with E-state index in [1.165, 1.54) is 6.21 Å². The van der Waals surface area contributed by atoms with Crippen LogP contribution < -0.4 is 20.6 Å². The third-order valence-electron chi connectivity index (χ3n) is 2.78. The molecule has 0 unspecified atom stereocenters. The van der Waals surface area contributed by atoms with E-state index in [-0.39, 0.29) is 0 Å². The van der Waals surface area contributed by atoms with Crippen molar-refractivity contribution in [2.24, 2.45) is 10.8 Å². The topological polar surface area (TPSA) is 103 Å². The molecule has 118 valence electrons. The number of methoxy groups -OCH3 is 1. The first kappa shape index (κ1) is 16.0. The molecule has 2 rings (SSSR count). The van der Waals surface area contributed by atoms with Gasteiger partial charge in [-0.3, -0.25) is 0 Å². The highest BCUT2D eigenvalue weighted by atomic mass is 16.5. The molecular weight excluding hydrogens is 298 g/mol. The lowest BCUT2D eigenvalue weighted by Gasteiger charge is -2.06. The number of nitrogens with one attached hydrogen (secondary N) is 1. The molecule has 0 atom stereocenters. The van der Waals surface area contributed by atoms with E-state index in [0.717, 1.165) is 0 Å². The number of hydrazone groups is 1. The molecule has 0 bridgehead atoms. The third kappa shape index (κ3) is 4.85. The van der Waals surface area contributed by atoms with Crippen LogP contribution in [0.15, 0.2) is 53.6 Å². The molecule has 2 amide bonds. The van der Waals surface area contributed by atoms with E-state index in [4.69, 9.17) is 15.2 Å². The zero-order chi connectivity index (χ0) is 16.7. The van der Waals surface area contributed by atoms with Crippen LogP contribution in [0.2, 0.25) is 0 Å². The van der Waals surface area contributed by atoms with Gasteiger partial charge < -0.3 is 15.2 Å². The number of hydrogen-bond acceptors (Lipinski definition) is 5. The molecule has 0 aliphatic carbocycles. The zero-order valence-electron chi connectivity index (χ0n) is 12.4. The summed E-state index contributed by atoms with van der Waals surface area (Å²) in [4.78, 5) is 22.6. The van der Waals surface area contributed by atoms with Crippen molar-refractivity contribution >= 4 is 18.2 Å². The Bertz CT molecular complexity index is 726. The molecule has 7 nitrogen and oxygen atoms in total. The Balaban J connectivity index is 2.05. The Labute approximate surface area is 132 Å². The van der Waals surface area contributed by atoms with E-state index < -0.39 is 12.0 Å². The number of hydrogen-bond donors (Lipinski definition) is 2. The fraction of sp³-hybridized carbons (Fsp3) is 0.0625. The smallest absolute Gasteiger partial charge is 0.343 e. The quantitative estimate of drug-likeness (QED) is 0.381. The number of esters is 1. The van der Waals surface area contributed by atoms with Crippen molar-refractivity contribution in [3.63, 3.8) is 0 Å². The number of ether oxygens (including phenoxy) is 2. The van der Waals surface area contributed by atoms with Gasteiger partial charge in [0.15, 0.2) is 0 Å². The number of rotatable bonds is 5. The number of nitrogens with zero attached hydrogens (tertiary/aromatic N) is 1. The molecule has 0 saturated heterocycles. The fourth-order valence-electron chi connectivity index (χ4n) is 1.72. The lowest BCUT2D eigenvalue weighted by atomic mass is 10.2. The maximum atomic E-state index is 12.1. The van der Waals surface area contributed by atoms with Gasteiger partial charge in [-0.2, -0.15) is 5.10 Å². The van der Waals surface area contributed by atoms with Crippen molar-refractivity contribution in [2.75, 3.05) is 7.11 Å². The van der Waals surface area contributed by atoms with Crippen LogP contribution in [-0.4, -0.2) is 25.3 Å². The SMILES string of the molecule is COc1ccc(C(=O)Oc2cccc(C=NNC(N)=O)c2)cc1. The molecule has 0 aromatic heterocycles. The minimum atomic E-state index is -0.761. The van der Waals surface area contributed by atoms with Gasteiger partial charge in [-0.25, -0.2) is 15.0 Å². The van der Waals surface area contributed by atoms with E-state index in [0.29, 0.717) is 22.6 Å². The summed E-state index contributed by atoms with van der Waals surface area (Å²) in [6, 6.07) is 12.5. The standard InChI is InChI=1S/C16H15N3O4/c1-22-13-7-5-12(6-8-13)15(20)23-14-4-2-3-11(9-14)10-18-19-16(17)21/h2-10H,1H3,(H3,17,19,21). The second-order valence-corrected chi connectivity index (χ2v) is 4.42. The summed E-state index contributed by atoms with van der Waals surface area (Å²) in [6.07, 6.45) is 1.38. The Morgan fingerprint density at radius 2 is 1.87 bits per heavy atom. The summed E-state index contributed by atoms with van der Waals surface area (Å²) in [7, 11) is 1.55. The number of urea groups is 1. The summed E-state index contributed by atoms with van der Waals surface area (Å²) >= 11 is 0.